The molecule has 0 bridgehead atoms. The molecule has 0 fully saturated rings. The standard InChI is InChI=1S/C17H17Br2ClO/c1-3-8-21-16-7-5-13(10-15(16)19)17(20)12-4-6-14(18)11(2)9-12/h4-7,9-10,17H,3,8H2,1-2H3. The SMILES string of the molecule is CCCOc1ccc(C(Cl)c2ccc(Br)c(C)c2)cc1Br. The van der Waals surface area contributed by atoms with Crippen LogP contribution in [0.15, 0.2) is 45.3 Å². The molecule has 2 rings (SSSR count). The predicted molar refractivity (Wildman–Crippen MR) is 96.5 cm³/mol. The first kappa shape index (κ1) is 16.9. The number of aryl methyl sites for hydroxylation is 1. The Balaban J connectivity index is 2.24. The number of ether oxygens (including phenoxy) is 1. The van der Waals surface area contributed by atoms with Crippen molar-refractivity contribution in [3.05, 3.63) is 62.0 Å². The zero-order chi connectivity index (χ0) is 15.4. The molecule has 0 saturated heterocycles. The third kappa shape index (κ3) is 4.24. The first-order valence-corrected chi connectivity index (χ1v) is 8.87. The van der Waals surface area contributed by atoms with Crippen LogP contribution in [0.5, 0.6) is 5.75 Å². The van der Waals surface area contributed by atoms with E-state index >= 15 is 0 Å². The molecule has 1 unspecified atom stereocenters. The van der Waals surface area contributed by atoms with Crippen molar-refractivity contribution in [1.29, 1.82) is 0 Å². The molecule has 4 heteroatoms. The number of hydrogen-bond donors (Lipinski definition) is 0. The van der Waals surface area contributed by atoms with Crippen molar-refractivity contribution in [3.8, 4) is 5.75 Å². The molecule has 0 aliphatic carbocycles. The predicted octanol–water partition coefficient (Wildman–Crippen LogP) is 6.64. The minimum absolute atomic E-state index is 0.173. The van der Waals surface area contributed by atoms with Gasteiger partial charge in [0.15, 0.2) is 0 Å². The lowest BCUT2D eigenvalue weighted by atomic mass is 10.0. The lowest BCUT2D eigenvalue weighted by Crippen LogP contribution is -1.98. The number of benzene rings is 2. The third-order valence-corrected chi connectivity index (χ3v) is 5.20. The summed E-state index contributed by atoms with van der Waals surface area (Å²) in [6.45, 7) is 4.87. The van der Waals surface area contributed by atoms with E-state index in [4.69, 9.17) is 16.3 Å². The Morgan fingerprint density at radius 3 is 2.33 bits per heavy atom. The molecule has 0 saturated carbocycles. The Bertz CT molecular complexity index is 628. The van der Waals surface area contributed by atoms with Gasteiger partial charge in [-0.05, 0) is 64.2 Å². The number of halogens is 3. The Kier molecular flexibility index (Phi) is 6.15. The summed E-state index contributed by atoms with van der Waals surface area (Å²) in [4.78, 5) is 0. The number of hydrogen-bond acceptors (Lipinski definition) is 1. The van der Waals surface area contributed by atoms with E-state index in [1.807, 2.05) is 30.3 Å². The van der Waals surface area contributed by atoms with E-state index in [2.05, 4.69) is 51.8 Å². The van der Waals surface area contributed by atoms with Crippen molar-refractivity contribution in [2.75, 3.05) is 6.61 Å². The van der Waals surface area contributed by atoms with E-state index in [9.17, 15) is 0 Å². The normalized spacial score (nSPS) is 12.2. The second-order valence-electron chi connectivity index (χ2n) is 4.91. The van der Waals surface area contributed by atoms with Crippen LogP contribution in [0.2, 0.25) is 0 Å². The van der Waals surface area contributed by atoms with Gasteiger partial charge in [0.1, 0.15) is 5.75 Å². The van der Waals surface area contributed by atoms with Gasteiger partial charge in [-0.3, -0.25) is 0 Å². The van der Waals surface area contributed by atoms with Gasteiger partial charge in [0.2, 0.25) is 0 Å². The fraction of sp³-hybridized carbons (Fsp3) is 0.294. The van der Waals surface area contributed by atoms with Gasteiger partial charge in [0.25, 0.3) is 0 Å². The molecule has 112 valence electrons. The van der Waals surface area contributed by atoms with Gasteiger partial charge in [-0.2, -0.15) is 0 Å². The zero-order valence-corrected chi connectivity index (χ0v) is 15.9. The van der Waals surface area contributed by atoms with Crippen LogP contribution in [0.1, 0.15) is 35.4 Å². The van der Waals surface area contributed by atoms with Crippen molar-refractivity contribution >= 4 is 43.5 Å². The quantitative estimate of drug-likeness (QED) is 0.482. The maximum absolute atomic E-state index is 6.61. The van der Waals surface area contributed by atoms with Gasteiger partial charge in [-0.25, -0.2) is 0 Å². The highest BCUT2D eigenvalue weighted by Gasteiger charge is 2.13. The molecule has 0 aromatic heterocycles. The summed E-state index contributed by atoms with van der Waals surface area (Å²) in [6.07, 6.45) is 0.991. The monoisotopic (exact) mass is 430 g/mol. The van der Waals surface area contributed by atoms with E-state index in [0.717, 1.165) is 32.2 Å². The van der Waals surface area contributed by atoms with Crippen molar-refractivity contribution < 1.29 is 4.74 Å². The van der Waals surface area contributed by atoms with E-state index in [0.29, 0.717) is 6.61 Å². The van der Waals surface area contributed by atoms with Crippen LogP contribution in [0.25, 0.3) is 0 Å². The maximum Gasteiger partial charge on any atom is 0.133 e. The zero-order valence-electron chi connectivity index (χ0n) is 12.0. The van der Waals surface area contributed by atoms with Gasteiger partial charge < -0.3 is 4.74 Å². The van der Waals surface area contributed by atoms with Gasteiger partial charge in [0, 0.05) is 4.47 Å². The average Bonchev–Trinajstić information content (AvgIpc) is 2.48. The van der Waals surface area contributed by atoms with Crippen molar-refractivity contribution in [3.63, 3.8) is 0 Å². The Labute approximate surface area is 147 Å². The summed E-state index contributed by atoms with van der Waals surface area (Å²) in [5.74, 6) is 0.858. The Hall–Kier alpha value is -0.510. The molecule has 2 aromatic rings. The van der Waals surface area contributed by atoms with Gasteiger partial charge in [-0.15, -0.1) is 11.6 Å². The third-order valence-electron chi connectivity index (χ3n) is 3.18. The lowest BCUT2D eigenvalue weighted by Gasteiger charge is -2.14. The topological polar surface area (TPSA) is 9.23 Å². The summed E-state index contributed by atoms with van der Waals surface area (Å²) >= 11 is 13.7. The summed E-state index contributed by atoms with van der Waals surface area (Å²) in [5.41, 5.74) is 3.32. The van der Waals surface area contributed by atoms with Crippen LogP contribution < -0.4 is 4.74 Å². The second kappa shape index (κ2) is 7.66. The maximum atomic E-state index is 6.61. The first-order chi connectivity index (χ1) is 10.0. The molecule has 0 N–H and O–H groups in total. The first-order valence-electron chi connectivity index (χ1n) is 6.85. The summed E-state index contributed by atoms with van der Waals surface area (Å²) in [6, 6.07) is 12.2. The van der Waals surface area contributed by atoms with Crippen LogP contribution in [0.3, 0.4) is 0 Å². The van der Waals surface area contributed by atoms with E-state index in [-0.39, 0.29) is 5.38 Å². The van der Waals surface area contributed by atoms with E-state index in [1.165, 1.54) is 5.56 Å². The molecule has 0 radical (unpaired) electrons. The molecule has 0 aliphatic rings. The summed E-state index contributed by atoms with van der Waals surface area (Å²) < 4.78 is 7.70. The van der Waals surface area contributed by atoms with Crippen molar-refractivity contribution in [2.45, 2.75) is 25.6 Å². The fourth-order valence-corrected chi connectivity index (χ4v) is 3.05. The molecule has 2 aromatic carbocycles. The molecular weight excluding hydrogens is 415 g/mol. The fourth-order valence-electron chi connectivity index (χ4n) is 2.02. The average molecular weight is 433 g/mol. The smallest absolute Gasteiger partial charge is 0.133 e. The lowest BCUT2D eigenvalue weighted by molar-refractivity contribution is 0.315. The molecule has 21 heavy (non-hydrogen) atoms. The molecule has 0 aliphatic heterocycles. The van der Waals surface area contributed by atoms with Gasteiger partial charge >= 0.3 is 0 Å². The number of alkyl halides is 1. The molecule has 1 atom stereocenters. The van der Waals surface area contributed by atoms with Crippen molar-refractivity contribution in [1.82, 2.24) is 0 Å². The molecule has 1 nitrogen and oxygen atoms in total. The molecule has 0 amide bonds. The van der Waals surface area contributed by atoms with E-state index in [1.54, 1.807) is 0 Å². The highest BCUT2D eigenvalue weighted by atomic mass is 79.9. The highest BCUT2D eigenvalue weighted by Crippen LogP contribution is 2.35. The minimum atomic E-state index is -0.173. The van der Waals surface area contributed by atoms with Crippen LogP contribution >= 0.6 is 43.5 Å². The summed E-state index contributed by atoms with van der Waals surface area (Å²) in [5, 5.41) is -0.173. The van der Waals surface area contributed by atoms with Crippen molar-refractivity contribution in [2.24, 2.45) is 0 Å². The van der Waals surface area contributed by atoms with E-state index < -0.39 is 0 Å². The summed E-state index contributed by atoms with van der Waals surface area (Å²) in [7, 11) is 0. The van der Waals surface area contributed by atoms with Gasteiger partial charge in [0.05, 0.1) is 16.5 Å². The highest BCUT2D eigenvalue weighted by molar-refractivity contribution is 9.10. The van der Waals surface area contributed by atoms with Crippen LogP contribution in [0.4, 0.5) is 0 Å². The van der Waals surface area contributed by atoms with Crippen LogP contribution in [-0.4, -0.2) is 6.61 Å². The van der Waals surface area contributed by atoms with Crippen LogP contribution in [0, 0.1) is 6.92 Å². The van der Waals surface area contributed by atoms with Crippen LogP contribution in [-0.2, 0) is 0 Å². The molecular formula is C17H17Br2ClO. The molecule has 0 spiro atoms. The largest absolute Gasteiger partial charge is 0.492 e. The number of rotatable bonds is 5. The second-order valence-corrected chi connectivity index (χ2v) is 7.05. The Morgan fingerprint density at radius 1 is 1.05 bits per heavy atom. The Morgan fingerprint density at radius 2 is 1.71 bits per heavy atom. The van der Waals surface area contributed by atoms with Gasteiger partial charge in [-0.1, -0.05) is 41.1 Å². The molecule has 0 heterocycles. The minimum Gasteiger partial charge on any atom is -0.492 e.